The Hall–Kier alpha value is -3.62. The Balaban J connectivity index is 1.27. The van der Waals surface area contributed by atoms with Crippen LogP contribution >= 0.6 is 0 Å². The smallest absolute Gasteiger partial charge is 0.253 e. The maximum atomic E-state index is 14.8. The van der Waals surface area contributed by atoms with Crippen molar-refractivity contribution in [2.75, 3.05) is 13.1 Å². The van der Waals surface area contributed by atoms with E-state index in [4.69, 9.17) is 0 Å². The van der Waals surface area contributed by atoms with E-state index in [-0.39, 0.29) is 23.9 Å². The first kappa shape index (κ1) is 20.9. The summed E-state index contributed by atoms with van der Waals surface area (Å²) >= 11 is 0. The van der Waals surface area contributed by atoms with Crippen LogP contribution in [0.2, 0.25) is 0 Å². The molecular formula is C26H24FN5O2. The zero-order valence-electron chi connectivity index (χ0n) is 18.4. The topological polar surface area (TPSA) is 94.1 Å². The van der Waals surface area contributed by atoms with Crippen LogP contribution in [0.1, 0.15) is 33.9 Å². The van der Waals surface area contributed by atoms with E-state index in [1.165, 1.54) is 6.07 Å². The summed E-state index contributed by atoms with van der Waals surface area (Å²) in [6, 6.07) is 11.9. The van der Waals surface area contributed by atoms with Crippen LogP contribution in [-0.2, 0) is 6.42 Å². The van der Waals surface area contributed by atoms with E-state index in [1.54, 1.807) is 24.5 Å². The van der Waals surface area contributed by atoms with E-state index in [9.17, 15) is 14.3 Å². The van der Waals surface area contributed by atoms with Gasteiger partial charge in [-0.15, -0.1) is 0 Å². The van der Waals surface area contributed by atoms with Gasteiger partial charge < -0.3 is 15.4 Å². The van der Waals surface area contributed by atoms with Crippen LogP contribution in [0.5, 0.6) is 0 Å². The number of benzene rings is 1. The van der Waals surface area contributed by atoms with Gasteiger partial charge in [0.25, 0.3) is 5.91 Å². The molecule has 1 aliphatic heterocycles. The van der Waals surface area contributed by atoms with Crippen LogP contribution in [0.4, 0.5) is 4.39 Å². The van der Waals surface area contributed by atoms with Gasteiger partial charge in [-0.25, -0.2) is 9.37 Å². The second-order valence-electron chi connectivity index (χ2n) is 9.00. The number of nitrogens with zero attached hydrogens (tertiary/aromatic N) is 3. The van der Waals surface area contributed by atoms with Crippen molar-refractivity contribution in [3.05, 3.63) is 83.6 Å². The molecular weight excluding hydrogens is 433 g/mol. The molecule has 4 heterocycles. The third-order valence-corrected chi connectivity index (χ3v) is 6.98. The SMILES string of the molecule is O=C(N[C@@H]1c2c(F)cccc2C[C@H]1N1CC[C@@H](O)C1)c1ccc(-c2ccnc3[nH]ccc23)nc1. The Morgan fingerprint density at radius 1 is 1.18 bits per heavy atom. The molecule has 2 aliphatic rings. The number of fused-ring (bicyclic) bond motifs is 2. The first-order valence-corrected chi connectivity index (χ1v) is 11.5. The molecule has 1 saturated heterocycles. The van der Waals surface area contributed by atoms with Gasteiger partial charge in [-0.1, -0.05) is 12.1 Å². The Bertz CT molecular complexity index is 1370. The Labute approximate surface area is 195 Å². The van der Waals surface area contributed by atoms with Crippen LogP contribution < -0.4 is 5.32 Å². The number of aliphatic hydroxyl groups is 1. The number of hydrogen-bond acceptors (Lipinski definition) is 5. The molecule has 8 heteroatoms. The molecule has 3 N–H and O–H groups in total. The van der Waals surface area contributed by atoms with Gasteiger partial charge in [-0.3, -0.25) is 14.7 Å². The van der Waals surface area contributed by atoms with Crippen molar-refractivity contribution in [1.29, 1.82) is 0 Å². The number of carbonyl (C=O) groups excluding carboxylic acids is 1. The third kappa shape index (κ3) is 3.55. The fourth-order valence-corrected chi connectivity index (χ4v) is 5.32. The molecule has 7 nitrogen and oxygen atoms in total. The van der Waals surface area contributed by atoms with Crippen molar-refractivity contribution in [3.63, 3.8) is 0 Å². The van der Waals surface area contributed by atoms with Crippen molar-refractivity contribution >= 4 is 16.9 Å². The lowest BCUT2D eigenvalue weighted by Gasteiger charge is -2.30. The van der Waals surface area contributed by atoms with Crippen molar-refractivity contribution in [2.24, 2.45) is 0 Å². The number of likely N-dealkylation sites (tertiary alicyclic amines) is 1. The average molecular weight is 458 g/mol. The van der Waals surface area contributed by atoms with E-state index >= 15 is 0 Å². The van der Waals surface area contributed by atoms with Crippen LogP contribution in [0, 0.1) is 5.82 Å². The number of β-amino-alcohol motifs (C(OH)–C–C–N with tert-alkyl or cyclic N) is 1. The predicted molar refractivity (Wildman–Crippen MR) is 126 cm³/mol. The van der Waals surface area contributed by atoms with Crippen molar-refractivity contribution < 1.29 is 14.3 Å². The summed E-state index contributed by atoms with van der Waals surface area (Å²) in [6.45, 7) is 1.26. The largest absolute Gasteiger partial charge is 0.392 e. The van der Waals surface area contributed by atoms with Gasteiger partial charge in [0, 0.05) is 54.2 Å². The van der Waals surface area contributed by atoms with E-state index in [1.807, 2.05) is 30.5 Å². The highest BCUT2D eigenvalue weighted by Gasteiger charge is 2.41. The molecule has 0 radical (unpaired) electrons. The minimum absolute atomic E-state index is 0.0982. The van der Waals surface area contributed by atoms with E-state index < -0.39 is 6.04 Å². The van der Waals surface area contributed by atoms with E-state index in [2.05, 4.69) is 25.2 Å². The molecule has 0 saturated carbocycles. The quantitative estimate of drug-likeness (QED) is 0.438. The summed E-state index contributed by atoms with van der Waals surface area (Å²) in [5.41, 5.74) is 4.30. The summed E-state index contributed by atoms with van der Waals surface area (Å²) in [5.74, 6) is -0.613. The molecule has 1 amide bonds. The highest BCUT2D eigenvalue weighted by Crippen LogP contribution is 2.38. The molecule has 1 fully saturated rings. The predicted octanol–water partition coefficient (Wildman–Crippen LogP) is 3.23. The lowest BCUT2D eigenvalue weighted by Crippen LogP contribution is -2.44. The molecule has 1 aromatic carbocycles. The lowest BCUT2D eigenvalue weighted by molar-refractivity contribution is 0.0897. The van der Waals surface area contributed by atoms with Gasteiger partial charge in [0.05, 0.1) is 23.4 Å². The first-order chi connectivity index (χ1) is 16.6. The van der Waals surface area contributed by atoms with Crippen molar-refractivity contribution in [3.8, 4) is 11.3 Å². The fraction of sp³-hybridized carbons (Fsp3) is 0.269. The zero-order chi connectivity index (χ0) is 23.2. The third-order valence-electron chi connectivity index (χ3n) is 6.98. The van der Waals surface area contributed by atoms with Crippen LogP contribution in [0.3, 0.4) is 0 Å². The van der Waals surface area contributed by atoms with E-state index in [0.29, 0.717) is 30.5 Å². The van der Waals surface area contributed by atoms with Crippen molar-refractivity contribution in [1.82, 2.24) is 25.2 Å². The molecule has 3 atom stereocenters. The van der Waals surface area contributed by atoms with Crippen LogP contribution in [0.15, 0.2) is 61.1 Å². The molecule has 34 heavy (non-hydrogen) atoms. The van der Waals surface area contributed by atoms with Gasteiger partial charge in [0.15, 0.2) is 0 Å². The number of H-pyrrole nitrogens is 1. The number of amides is 1. The molecule has 172 valence electrons. The summed E-state index contributed by atoms with van der Waals surface area (Å²) in [4.78, 5) is 27.3. The second kappa shape index (κ2) is 8.30. The summed E-state index contributed by atoms with van der Waals surface area (Å²) in [7, 11) is 0. The minimum atomic E-state index is -0.492. The number of aromatic amines is 1. The molecule has 3 aromatic heterocycles. The Morgan fingerprint density at radius 2 is 2.09 bits per heavy atom. The molecule has 4 aromatic rings. The van der Waals surface area contributed by atoms with Gasteiger partial charge >= 0.3 is 0 Å². The number of aromatic nitrogens is 3. The maximum Gasteiger partial charge on any atom is 0.253 e. The highest BCUT2D eigenvalue weighted by atomic mass is 19.1. The Kier molecular flexibility index (Phi) is 5.12. The molecule has 1 aliphatic carbocycles. The van der Waals surface area contributed by atoms with Crippen LogP contribution in [-0.4, -0.2) is 56.1 Å². The van der Waals surface area contributed by atoms with Crippen molar-refractivity contribution in [2.45, 2.75) is 31.0 Å². The first-order valence-electron chi connectivity index (χ1n) is 11.5. The van der Waals surface area contributed by atoms with Gasteiger partial charge in [0.1, 0.15) is 11.5 Å². The molecule has 0 spiro atoms. The number of hydrogen-bond donors (Lipinski definition) is 3. The minimum Gasteiger partial charge on any atom is -0.392 e. The fourth-order valence-electron chi connectivity index (χ4n) is 5.32. The van der Waals surface area contributed by atoms with Gasteiger partial charge in [-0.2, -0.15) is 0 Å². The van der Waals surface area contributed by atoms with Gasteiger partial charge in [0.2, 0.25) is 0 Å². The summed E-state index contributed by atoms with van der Waals surface area (Å²) in [6.07, 6.45) is 6.04. The number of rotatable bonds is 4. The normalized spacial score (nSPS) is 22.2. The van der Waals surface area contributed by atoms with Crippen LogP contribution in [0.25, 0.3) is 22.3 Å². The molecule has 0 unspecified atom stereocenters. The number of aliphatic hydroxyl groups excluding tert-OH is 1. The standard InChI is InChI=1S/C26H24FN5O2/c27-20-3-1-2-15-12-22(32-11-8-17(33)14-32)24(23(15)20)31-26(34)16-4-5-21(30-13-16)18-6-9-28-25-19(18)7-10-29-25/h1-7,9-10,13,17,22,24,33H,8,11-12,14H2,(H,28,29)(H,31,34)/t17-,22-,24+/m1/s1. The lowest BCUT2D eigenvalue weighted by atomic mass is 10.0. The maximum absolute atomic E-state index is 14.8. The Morgan fingerprint density at radius 3 is 2.88 bits per heavy atom. The number of carbonyl (C=O) groups is 1. The van der Waals surface area contributed by atoms with E-state index in [0.717, 1.165) is 34.4 Å². The molecule has 6 rings (SSSR count). The number of halogens is 1. The second-order valence-corrected chi connectivity index (χ2v) is 9.00. The molecule has 0 bridgehead atoms. The monoisotopic (exact) mass is 457 g/mol. The number of nitrogens with one attached hydrogen (secondary N) is 2. The zero-order valence-corrected chi connectivity index (χ0v) is 18.4. The average Bonchev–Trinajstić information content (AvgIpc) is 3.58. The summed E-state index contributed by atoms with van der Waals surface area (Å²) < 4.78 is 14.8. The summed E-state index contributed by atoms with van der Waals surface area (Å²) in [5, 5.41) is 14.1. The van der Waals surface area contributed by atoms with Gasteiger partial charge in [-0.05, 0) is 48.7 Å². The highest BCUT2D eigenvalue weighted by molar-refractivity contribution is 5.95. The number of pyridine rings is 2.